The van der Waals surface area contributed by atoms with Gasteiger partial charge in [0, 0.05) is 18.6 Å². The van der Waals surface area contributed by atoms with E-state index in [9.17, 15) is 9.18 Å². The van der Waals surface area contributed by atoms with E-state index >= 15 is 0 Å². The van der Waals surface area contributed by atoms with Crippen molar-refractivity contribution in [3.63, 3.8) is 0 Å². The molecule has 2 saturated heterocycles. The highest BCUT2D eigenvalue weighted by molar-refractivity contribution is 5.85. The Morgan fingerprint density at radius 2 is 2.04 bits per heavy atom. The molecule has 2 heterocycles. The maximum Gasteiger partial charge on any atom is 0.226 e. The van der Waals surface area contributed by atoms with Crippen molar-refractivity contribution < 1.29 is 9.18 Å². The predicted octanol–water partition coefficient (Wildman–Crippen LogP) is 1.27. The van der Waals surface area contributed by atoms with E-state index < -0.39 is 0 Å². The highest BCUT2D eigenvalue weighted by atomic mass is 35.5. The van der Waals surface area contributed by atoms with Gasteiger partial charge in [-0.1, -0.05) is 12.1 Å². The third kappa shape index (κ3) is 4.20. The minimum Gasteiger partial charge on any atom is -0.351 e. The summed E-state index contributed by atoms with van der Waals surface area (Å²) >= 11 is 0. The Morgan fingerprint density at radius 1 is 1.30 bits per heavy atom. The maximum absolute atomic E-state index is 13.1. The zero-order valence-electron chi connectivity index (χ0n) is 13.1. The van der Waals surface area contributed by atoms with Crippen LogP contribution >= 0.6 is 12.4 Å². The van der Waals surface area contributed by atoms with Gasteiger partial charge in [-0.25, -0.2) is 9.82 Å². The lowest BCUT2D eigenvalue weighted by Gasteiger charge is -2.32. The van der Waals surface area contributed by atoms with Crippen LogP contribution in [0.4, 0.5) is 4.39 Å². The fourth-order valence-electron chi connectivity index (χ4n) is 3.26. The topological polar surface area (TPSA) is 65.2 Å². The van der Waals surface area contributed by atoms with Crippen LogP contribution in [0.2, 0.25) is 0 Å². The van der Waals surface area contributed by atoms with E-state index in [1.807, 2.05) is 0 Å². The second-order valence-corrected chi connectivity index (χ2v) is 6.16. The van der Waals surface area contributed by atoms with Crippen LogP contribution in [-0.2, 0) is 4.79 Å². The second-order valence-electron chi connectivity index (χ2n) is 6.16. The number of halogens is 2. The summed E-state index contributed by atoms with van der Waals surface area (Å²) in [5, 5.41) is 6.56. The number of benzene rings is 1. The van der Waals surface area contributed by atoms with Crippen molar-refractivity contribution >= 4 is 18.3 Å². The molecule has 7 heteroatoms. The Bertz CT molecular complexity index is 527. The lowest BCUT2D eigenvalue weighted by molar-refractivity contribution is -0.126. The molecule has 2 aliphatic rings. The van der Waals surface area contributed by atoms with Gasteiger partial charge >= 0.3 is 0 Å². The van der Waals surface area contributed by atoms with Gasteiger partial charge in [-0.3, -0.25) is 10.2 Å². The summed E-state index contributed by atoms with van der Waals surface area (Å²) in [5.41, 5.74) is 7.09. The third-order valence-corrected chi connectivity index (χ3v) is 4.64. The van der Waals surface area contributed by atoms with Crippen LogP contribution in [0, 0.1) is 11.7 Å². The minimum absolute atomic E-state index is 0. The monoisotopic (exact) mass is 342 g/mol. The van der Waals surface area contributed by atoms with Crippen LogP contribution in [-0.4, -0.2) is 31.1 Å². The molecule has 23 heavy (non-hydrogen) atoms. The van der Waals surface area contributed by atoms with Gasteiger partial charge in [-0.2, -0.15) is 0 Å². The molecule has 0 saturated carbocycles. The molecular formula is C16H24ClFN4O. The summed E-state index contributed by atoms with van der Waals surface area (Å²) in [7, 11) is 0. The van der Waals surface area contributed by atoms with Crippen molar-refractivity contribution in [3.8, 4) is 0 Å². The zero-order valence-corrected chi connectivity index (χ0v) is 14.0. The van der Waals surface area contributed by atoms with Crippen LogP contribution in [0.5, 0.6) is 0 Å². The molecule has 4 unspecified atom stereocenters. The number of nitrogens with one attached hydrogen (secondary N) is 4. The normalized spacial score (nSPS) is 30.5. The zero-order chi connectivity index (χ0) is 15.5. The van der Waals surface area contributed by atoms with E-state index in [4.69, 9.17) is 0 Å². The van der Waals surface area contributed by atoms with Crippen LogP contribution in [0.3, 0.4) is 0 Å². The summed E-state index contributed by atoms with van der Waals surface area (Å²) in [4.78, 5) is 12.6. The SMILES string of the molecule is CC1NCCCC1NC(=O)C1CNNC1c1ccc(F)cc1.Cl. The first-order valence-electron chi connectivity index (χ1n) is 7.93. The largest absolute Gasteiger partial charge is 0.351 e. The highest BCUT2D eigenvalue weighted by Crippen LogP contribution is 2.25. The van der Waals surface area contributed by atoms with Crippen LogP contribution in [0.25, 0.3) is 0 Å². The van der Waals surface area contributed by atoms with Crippen molar-refractivity contribution in [2.24, 2.45) is 5.92 Å². The molecule has 0 aliphatic carbocycles. The Morgan fingerprint density at radius 3 is 2.74 bits per heavy atom. The smallest absolute Gasteiger partial charge is 0.226 e. The molecule has 0 bridgehead atoms. The molecule has 2 fully saturated rings. The number of rotatable bonds is 3. The van der Waals surface area contributed by atoms with E-state index in [0.717, 1.165) is 24.9 Å². The van der Waals surface area contributed by atoms with Crippen LogP contribution in [0.15, 0.2) is 24.3 Å². The van der Waals surface area contributed by atoms with Gasteiger partial charge < -0.3 is 10.6 Å². The average Bonchev–Trinajstić information content (AvgIpc) is 3.00. The molecule has 0 radical (unpaired) electrons. The van der Waals surface area contributed by atoms with E-state index in [1.165, 1.54) is 12.1 Å². The third-order valence-electron chi connectivity index (χ3n) is 4.64. The average molecular weight is 343 g/mol. The van der Waals surface area contributed by atoms with Crippen molar-refractivity contribution in [3.05, 3.63) is 35.6 Å². The molecule has 0 spiro atoms. The molecule has 5 nitrogen and oxygen atoms in total. The molecule has 128 valence electrons. The van der Waals surface area contributed by atoms with Gasteiger partial charge in [0.1, 0.15) is 5.82 Å². The second kappa shape index (κ2) is 8.06. The number of hydrazine groups is 1. The van der Waals surface area contributed by atoms with Gasteiger partial charge in [0.05, 0.1) is 12.0 Å². The van der Waals surface area contributed by atoms with Gasteiger partial charge in [-0.05, 0) is 44.0 Å². The molecule has 3 rings (SSSR count). The number of hydrogen-bond acceptors (Lipinski definition) is 4. The number of carbonyl (C=O) groups is 1. The first kappa shape index (κ1) is 18.1. The number of hydrogen-bond donors (Lipinski definition) is 4. The fraction of sp³-hybridized carbons (Fsp3) is 0.562. The van der Waals surface area contributed by atoms with E-state index in [0.29, 0.717) is 12.6 Å². The first-order chi connectivity index (χ1) is 10.6. The first-order valence-corrected chi connectivity index (χ1v) is 7.93. The molecule has 1 aromatic carbocycles. The quantitative estimate of drug-likeness (QED) is 0.668. The molecule has 1 amide bonds. The lowest BCUT2D eigenvalue weighted by atomic mass is 9.92. The predicted molar refractivity (Wildman–Crippen MR) is 89.6 cm³/mol. The summed E-state index contributed by atoms with van der Waals surface area (Å²) in [6.45, 7) is 3.69. The van der Waals surface area contributed by atoms with E-state index in [-0.39, 0.29) is 42.1 Å². The summed E-state index contributed by atoms with van der Waals surface area (Å²) in [5.74, 6) is -0.412. The maximum atomic E-state index is 13.1. The summed E-state index contributed by atoms with van der Waals surface area (Å²) in [6, 6.07) is 6.65. The van der Waals surface area contributed by atoms with E-state index in [1.54, 1.807) is 12.1 Å². The van der Waals surface area contributed by atoms with E-state index in [2.05, 4.69) is 28.4 Å². The molecular weight excluding hydrogens is 319 g/mol. The van der Waals surface area contributed by atoms with Gasteiger partial charge in [0.15, 0.2) is 0 Å². The van der Waals surface area contributed by atoms with Crippen molar-refractivity contribution in [2.45, 2.75) is 37.9 Å². The van der Waals surface area contributed by atoms with Gasteiger partial charge in [-0.15, -0.1) is 12.4 Å². The number of piperidine rings is 1. The van der Waals surface area contributed by atoms with Crippen molar-refractivity contribution in [1.82, 2.24) is 21.5 Å². The highest BCUT2D eigenvalue weighted by Gasteiger charge is 2.35. The molecule has 0 aromatic heterocycles. The fourth-order valence-corrected chi connectivity index (χ4v) is 3.26. The molecule has 4 atom stereocenters. The van der Waals surface area contributed by atoms with Crippen LogP contribution < -0.4 is 21.5 Å². The molecule has 1 aromatic rings. The number of carbonyl (C=O) groups excluding carboxylic acids is 1. The van der Waals surface area contributed by atoms with Gasteiger partial charge in [0.25, 0.3) is 0 Å². The summed E-state index contributed by atoms with van der Waals surface area (Å²) in [6.07, 6.45) is 2.09. The molecule has 4 N–H and O–H groups in total. The lowest BCUT2D eigenvalue weighted by Crippen LogP contribution is -2.53. The van der Waals surface area contributed by atoms with Gasteiger partial charge in [0.2, 0.25) is 5.91 Å². The number of amides is 1. The Balaban J connectivity index is 0.00000192. The summed E-state index contributed by atoms with van der Waals surface area (Å²) < 4.78 is 13.1. The van der Waals surface area contributed by atoms with Crippen LogP contribution in [0.1, 0.15) is 31.4 Å². The van der Waals surface area contributed by atoms with Crippen molar-refractivity contribution in [2.75, 3.05) is 13.1 Å². The standard InChI is InChI=1S/C16H23FN4O.ClH/c1-10-14(3-2-8-18-10)20-16(22)13-9-19-21-15(13)11-4-6-12(17)7-5-11;/h4-7,10,13-15,18-19,21H,2-3,8-9H2,1H3,(H,20,22);1H. The van der Waals surface area contributed by atoms with Crippen molar-refractivity contribution in [1.29, 1.82) is 0 Å². The minimum atomic E-state index is -0.266. The Kier molecular flexibility index (Phi) is 6.35. The Hall–Kier alpha value is -1.21. The Labute approximate surface area is 142 Å². The molecule has 2 aliphatic heterocycles.